The highest BCUT2D eigenvalue weighted by atomic mass is 15.2. The van der Waals surface area contributed by atoms with Crippen LogP contribution >= 0.6 is 0 Å². The summed E-state index contributed by atoms with van der Waals surface area (Å²) in [5.74, 6) is 0. The zero-order valence-electron chi connectivity index (χ0n) is 12.9. The average Bonchev–Trinajstić information content (AvgIpc) is 2.47. The molecular weight excluding hydrogens is 232 g/mol. The van der Waals surface area contributed by atoms with Gasteiger partial charge in [-0.15, -0.1) is 0 Å². The lowest BCUT2D eigenvalue weighted by Gasteiger charge is -2.40. The van der Waals surface area contributed by atoms with Crippen molar-refractivity contribution in [3.05, 3.63) is 35.9 Å². The maximum absolute atomic E-state index is 6.08. The maximum Gasteiger partial charge on any atom is 0.0306 e. The largest absolute Gasteiger partial charge is 0.329 e. The van der Waals surface area contributed by atoms with Crippen LogP contribution in [-0.4, -0.2) is 30.1 Å². The lowest BCUT2D eigenvalue weighted by Crippen LogP contribution is -2.52. The summed E-state index contributed by atoms with van der Waals surface area (Å²) < 4.78 is 0. The van der Waals surface area contributed by atoms with E-state index in [1.54, 1.807) is 0 Å². The minimum Gasteiger partial charge on any atom is -0.329 e. The Balaban J connectivity index is 2.62. The molecule has 0 amide bonds. The molecule has 2 N–H and O–H groups in total. The molecule has 0 heterocycles. The summed E-state index contributed by atoms with van der Waals surface area (Å²) in [6.45, 7) is 9.79. The van der Waals surface area contributed by atoms with Gasteiger partial charge in [-0.1, -0.05) is 50.6 Å². The van der Waals surface area contributed by atoms with E-state index < -0.39 is 0 Å². The average molecular weight is 262 g/mol. The van der Waals surface area contributed by atoms with Crippen LogP contribution in [0.5, 0.6) is 0 Å². The molecule has 0 aromatic heterocycles. The fourth-order valence-electron chi connectivity index (χ4n) is 2.61. The molecule has 0 spiro atoms. The standard InChI is InChI=1S/C17H30N2/c1-4-6-14-19(5-2)17(3,15-18)13-12-16-10-8-7-9-11-16/h7-11H,4-6,12-15,18H2,1-3H3. The van der Waals surface area contributed by atoms with Gasteiger partial charge in [0.1, 0.15) is 0 Å². The SMILES string of the molecule is CCCCN(CC)C(C)(CN)CCc1ccccc1. The first kappa shape index (κ1) is 16.2. The molecule has 0 aliphatic heterocycles. The second kappa shape index (κ2) is 8.34. The minimum atomic E-state index is 0.125. The van der Waals surface area contributed by atoms with Crippen LogP contribution in [0, 0.1) is 0 Å². The first-order valence-corrected chi connectivity index (χ1v) is 7.65. The predicted octanol–water partition coefficient (Wildman–Crippen LogP) is 3.46. The highest BCUT2D eigenvalue weighted by Crippen LogP contribution is 2.21. The van der Waals surface area contributed by atoms with E-state index in [-0.39, 0.29) is 5.54 Å². The van der Waals surface area contributed by atoms with E-state index in [0.717, 1.165) is 32.5 Å². The van der Waals surface area contributed by atoms with Gasteiger partial charge >= 0.3 is 0 Å². The van der Waals surface area contributed by atoms with Gasteiger partial charge < -0.3 is 5.73 Å². The van der Waals surface area contributed by atoms with Gasteiger partial charge in [0.25, 0.3) is 0 Å². The van der Waals surface area contributed by atoms with Gasteiger partial charge in [0.15, 0.2) is 0 Å². The minimum absolute atomic E-state index is 0.125. The smallest absolute Gasteiger partial charge is 0.0306 e. The van der Waals surface area contributed by atoms with E-state index in [0.29, 0.717) is 0 Å². The van der Waals surface area contributed by atoms with Crippen molar-refractivity contribution in [3.63, 3.8) is 0 Å². The number of likely N-dealkylation sites (N-methyl/N-ethyl adjacent to an activating group) is 1. The van der Waals surface area contributed by atoms with Crippen molar-refractivity contribution < 1.29 is 0 Å². The fraction of sp³-hybridized carbons (Fsp3) is 0.647. The molecule has 1 aromatic carbocycles. The number of unbranched alkanes of at least 4 members (excludes halogenated alkanes) is 1. The van der Waals surface area contributed by atoms with Gasteiger partial charge in [-0.3, -0.25) is 4.90 Å². The molecule has 0 saturated heterocycles. The molecule has 0 aliphatic carbocycles. The van der Waals surface area contributed by atoms with Crippen LogP contribution in [0.1, 0.15) is 45.6 Å². The van der Waals surface area contributed by atoms with Gasteiger partial charge in [0.05, 0.1) is 0 Å². The van der Waals surface area contributed by atoms with Crippen molar-refractivity contribution in [1.82, 2.24) is 4.90 Å². The number of hydrogen-bond acceptors (Lipinski definition) is 2. The van der Waals surface area contributed by atoms with Crippen LogP contribution in [0.15, 0.2) is 30.3 Å². The Bertz CT molecular complexity index is 336. The molecule has 19 heavy (non-hydrogen) atoms. The number of rotatable bonds is 9. The third-order valence-corrected chi connectivity index (χ3v) is 4.16. The van der Waals surface area contributed by atoms with E-state index in [1.807, 2.05) is 0 Å². The van der Waals surface area contributed by atoms with E-state index in [2.05, 4.69) is 56.0 Å². The van der Waals surface area contributed by atoms with Gasteiger partial charge in [-0.05, 0) is 44.8 Å². The molecule has 1 aromatic rings. The summed E-state index contributed by atoms with van der Waals surface area (Å²) >= 11 is 0. The Morgan fingerprint density at radius 2 is 1.84 bits per heavy atom. The Hall–Kier alpha value is -0.860. The Morgan fingerprint density at radius 3 is 2.37 bits per heavy atom. The van der Waals surface area contributed by atoms with Gasteiger partial charge in [0.2, 0.25) is 0 Å². The lowest BCUT2D eigenvalue weighted by molar-refractivity contribution is 0.106. The van der Waals surface area contributed by atoms with Crippen LogP contribution in [0.4, 0.5) is 0 Å². The van der Waals surface area contributed by atoms with E-state index >= 15 is 0 Å². The highest BCUT2D eigenvalue weighted by Gasteiger charge is 2.28. The van der Waals surface area contributed by atoms with Crippen LogP contribution < -0.4 is 5.73 Å². The van der Waals surface area contributed by atoms with Crippen molar-refractivity contribution in [3.8, 4) is 0 Å². The van der Waals surface area contributed by atoms with Crippen LogP contribution in [-0.2, 0) is 6.42 Å². The summed E-state index contributed by atoms with van der Waals surface area (Å²) in [6, 6.07) is 10.7. The number of aryl methyl sites for hydroxylation is 1. The maximum atomic E-state index is 6.08. The monoisotopic (exact) mass is 262 g/mol. The third kappa shape index (κ3) is 4.96. The highest BCUT2D eigenvalue weighted by molar-refractivity contribution is 5.15. The number of nitrogens with zero attached hydrogens (tertiary/aromatic N) is 1. The number of benzene rings is 1. The Labute approximate surface area is 119 Å². The molecule has 0 aliphatic rings. The molecule has 1 unspecified atom stereocenters. The number of hydrogen-bond donors (Lipinski definition) is 1. The molecule has 1 atom stereocenters. The second-order valence-corrected chi connectivity index (χ2v) is 5.62. The summed E-state index contributed by atoms with van der Waals surface area (Å²) in [7, 11) is 0. The normalized spacial score (nSPS) is 14.6. The molecule has 108 valence electrons. The lowest BCUT2D eigenvalue weighted by atomic mass is 9.91. The molecule has 0 bridgehead atoms. The molecular formula is C17H30N2. The summed E-state index contributed by atoms with van der Waals surface area (Å²) in [5, 5.41) is 0. The van der Waals surface area contributed by atoms with Crippen LogP contribution in [0.25, 0.3) is 0 Å². The van der Waals surface area contributed by atoms with Crippen LogP contribution in [0.3, 0.4) is 0 Å². The Morgan fingerprint density at radius 1 is 1.16 bits per heavy atom. The molecule has 0 fully saturated rings. The zero-order valence-corrected chi connectivity index (χ0v) is 12.9. The van der Waals surface area contributed by atoms with E-state index in [1.165, 1.54) is 18.4 Å². The summed E-state index contributed by atoms with van der Waals surface area (Å²) in [5.41, 5.74) is 7.61. The predicted molar refractivity (Wildman–Crippen MR) is 84.4 cm³/mol. The Kier molecular flexibility index (Phi) is 7.11. The molecule has 2 nitrogen and oxygen atoms in total. The molecule has 2 heteroatoms. The second-order valence-electron chi connectivity index (χ2n) is 5.62. The fourth-order valence-corrected chi connectivity index (χ4v) is 2.61. The zero-order chi connectivity index (χ0) is 14.1. The van der Waals surface area contributed by atoms with Crippen molar-refractivity contribution in [2.75, 3.05) is 19.6 Å². The summed E-state index contributed by atoms with van der Waals surface area (Å²) in [6.07, 6.45) is 4.74. The van der Waals surface area contributed by atoms with Crippen molar-refractivity contribution >= 4 is 0 Å². The van der Waals surface area contributed by atoms with Crippen molar-refractivity contribution in [2.45, 2.75) is 52.0 Å². The molecule has 0 saturated carbocycles. The summed E-state index contributed by atoms with van der Waals surface area (Å²) in [4.78, 5) is 2.56. The molecule has 0 radical (unpaired) electrons. The first-order chi connectivity index (χ1) is 9.16. The molecule has 1 rings (SSSR count). The van der Waals surface area contributed by atoms with Gasteiger partial charge in [0, 0.05) is 12.1 Å². The van der Waals surface area contributed by atoms with E-state index in [4.69, 9.17) is 5.73 Å². The van der Waals surface area contributed by atoms with Gasteiger partial charge in [-0.2, -0.15) is 0 Å². The first-order valence-electron chi connectivity index (χ1n) is 7.65. The van der Waals surface area contributed by atoms with Crippen LogP contribution in [0.2, 0.25) is 0 Å². The van der Waals surface area contributed by atoms with E-state index in [9.17, 15) is 0 Å². The van der Waals surface area contributed by atoms with Crippen molar-refractivity contribution in [1.29, 1.82) is 0 Å². The quantitative estimate of drug-likeness (QED) is 0.738. The number of nitrogens with two attached hydrogens (primary N) is 1. The van der Waals surface area contributed by atoms with Gasteiger partial charge in [-0.25, -0.2) is 0 Å². The topological polar surface area (TPSA) is 29.3 Å². The third-order valence-electron chi connectivity index (χ3n) is 4.16. The van der Waals surface area contributed by atoms with Crippen molar-refractivity contribution in [2.24, 2.45) is 5.73 Å².